The summed E-state index contributed by atoms with van der Waals surface area (Å²) < 4.78 is 5.22. The van der Waals surface area contributed by atoms with Crippen molar-refractivity contribution in [2.24, 2.45) is 0 Å². The van der Waals surface area contributed by atoms with Crippen LogP contribution in [0.25, 0.3) is 11.1 Å². The number of fused-ring (bicyclic) bond motifs is 1. The van der Waals surface area contributed by atoms with Crippen LogP contribution in [0.1, 0.15) is 18.9 Å². The van der Waals surface area contributed by atoms with E-state index in [0.29, 0.717) is 18.5 Å². The SMILES string of the molecule is CNCCC(C)(C(=O)O)c1ccc2ncoc2c1. The van der Waals surface area contributed by atoms with Gasteiger partial charge in [0.1, 0.15) is 5.52 Å². The highest BCUT2D eigenvalue weighted by molar-refractivity contribution is 5.83. The van der Waals surface area contributed by atoms with E-state index in [9.17, 15) is 9.90 Å². The topological polar surface area (TPSA) is 75.4 Å². The van der Waals surface area contributed by atoms with Crippen molar-refractivity contribution in [3.05, 3.63) is 30.2 Å². The van der Waals surface area contributed by atoms with Crippen LogP contribution in [0.15, 0.2) is 29.0 Å². The van der Waals surface area contributed by atoms with E-state index in [0.717, 1.165) is 11.1 Å². The molecule has 2 N–H and O–H groups in total. The summed E-state index contributed by atoms with van der Waals surface area (Å²) in [5.41, 5.74) is 1.16. The van der Waals surface area contributed by atoms with Crippen LogP contribution in [0, 0.1) is 0 Å². The third-order valence-electron chi connectivity index (χ3n) is 3.32. The first-order chi connectivity index (χ1) is 8.58. The van der Waals surface area contributed by atoms with E-state index in [4.69, 9.17) is 4.42 Å². The predicted octanol–water partition coefficient (Wildman–Crippen LogP) is 1.78. The summed E-state index contributed by atoms with van der Waals surface area (Å²) in [5, 5.41) is 12.4. The minimum Gasteiger partial charge on any atom is -0.481 e. The van der Waals surface area contributed by atoms with Crippen LogP contribution in [0.4, 0.5) is 0 Å². The second-order valence-corrected chi connectivity index (χ2v) is 4.53. The van der Waals surface area contributed by atoms with Crippen molar-refractivity contribution in [1.82, 2.24) is 10.3 Å². The summed E-state index contributed by atoms with van der Waals surface area (Å²) in [5.74, 6) is -0.836. The number of carboxylic acid groups (broad SMARTS) is 1. The van der Waals surface area contributed by atoms with Gasteiger partial charge in [0.15, 0.2) is 12.0 Å². The summed E-state index contributed by atoms with van der Waals surface area (Å²) in [6.07, 6.45) is 1.87. The molecule has 0 amide bonds. The maximum atomic E-state index is 11.5. The van der Waals surface area contributed by atoms with Gasteiger partial charge in [-0.1, -0.05) is 6.07 Å². The van der Waals surface area contributed by atoms with Gasteiger partial charge in [-0.25, -0.2) is 4.98 Å². The van der Waals surface area contributed by atoms with Gasteiger partial charge in [-0.3, -0.25) is 4.79 Å². The Morgan fingerprint density at radius 1 is 1.56 bits per heavy atom. The lowest BCUT2D eigenvalue weighted by molar-refractivity contribution is -0.143. The predicted molar refractivity (Wildman–Crippen MR) is 67.5 cm³/mol. The Kier molecular flexibility index (Phi) is 3.34. The molecule has 0 saturated carbocycles. The van der Waals surface area contributed by atoms with Gasteiger partial charge in [-0.15, -0.1) is 0 Å². The molecule has 2 rings (SSSR count). The van der Waals surface area contributed by atoms with E-state index in [1.54, 1.807) is 25.1 Å². The molecule has 0 aliphatic heterocycles. The normalized spacial score (nSPS) is 14.6. The van der Waals surface area contributed by atoms with Crippen LogP contribution < -0.4 is 5.32 Å². The Balaban J connectivity index is 2.43. The standard InChI is InChI=1S/C13H16N2O3/c1-13(12(16)17,5-6-14-2)9-3-4-10-11(7-9)18-8-15-10/h3-4,7-8,14H,5-6H2,1-2H3,(H,16,17). The summed E-state index contributed by atoms with van der Waals surface area (Å²) >= 11 is 0. The second kappa shape index (κ2) is 4.78. The quantitative estimate of drug-likeness (QED) is 0.843. The highest BCUT2D eigenvalue weighted by Crippen LogP contribution is 2.30. The number of rotatable bonds is 5. The Bertz CT molecular complexity index is 564. The Morgan fingerprint density at radius 3 is 3.00 bits per heavy atom. The third-order valence-corrected chi connectivity index (χ3v) is 3.32. The number of hydrogen-bond acceptors (Lipinski definition) is 4. The lowest BCUT2D eigenvalue weighted by Crippen LogP contribution is -2.35. The smallest absolute Gasteiger partial charge is 0.313 e. The summed E-state index contributed by atoms with van der Waals surface area (Å²) in [4.78, 5) is 15.6. The van der Waals surface area contributed by atoms with Gasteiger partial charge in [0.25, 0.3) is 0 Å². The van der Waals surface area contributed by atoms with Gasteiger partial charge in [0.05, 0.1) is 5.41 Å². The van der Waals surface area contributed by atoms with Crippen molar-refractivity contribution in [3.8, 4) is 0 Å². The molecule has 0 aliphatic rings. The van der Waals surface area contributed by atoms with Crippen molar-refractivity contribution in [2.45, 2.75) is 18.8 Å². The molecule has 1 aromatic carbocycles. The molecule has 0 radical (unpaired) electrons. The van der Waals surface area contributed by atoms with E-state index in [2.05, 4.69) is 10.3 Å². The molecule has 0 fully saturated rings. The molecule has 0 bridgehead atoms. The fourth-order valence-corrected chi connectivity index (χ4v) is 1.95. The maximum absolute atomic E-state index is 11.5. The highest BCUT2D eigenvalue weighted by Gasteiger charge is 2.34. The number of aromatic nitrogens is 1. The molecule has 1 aromatic heterocycles. The van der Waals surface area contributed by atoms with Gasteiger partial charge in [0.2, 0.25) is 0 Å². The fraction of sp³-hybridized carbons (Fsp3) is 0.385. The maximum Gasteiger partial charge on any atom is 0.313 e. The van der Waals surface area contributed by atoms with Gasteiger partial charge in [-0.2, -0.15) is 0 Å². The molecule has 1 heterocycles. The number of carboxylic acids is 1. The van der Waals surface area contributed by atoms with Gasteiger partial charge in [0, 0.05) is 0 Å². The van der Waals surface area contributed by atoms with Crippen LogP contribution in [-0.4, -0.2) is 29.7 Å². The first-order valence-electron chi connectivity index (χ1n) is 5.79. The minimum absolute atomic E-state index is 0.512. The first kappa shape index (κ1) is 12.6. The monoisotopic (exact) mass is 248 g/mol. The fourth-order valence-electron chi connectivity index (χ4n) is 1.95. The molecule has 96 valence electrons. The Labute approximate surface area is 105 Å². The first-order valence-corrected chi connectivity index (χ1v) is 5.79. The van der Waals surface area contributed by atoms with Crippen molar-refractivity contribution >= 4 is 17.1 Å². The number of aliphatic carboxylic acids is 1. The number of nitrogens with one attached hydrogen (secondary N) is 1. The minimum atomic E-state index is -0.927. The van der Waals surface area contributed by atoms with Crippen LogP contribution in [0.2, 0.25) is 0 Å². The van der Waals surface area contributed by atoms with E-state index < -0.39 is 11.4 Å². The van der Waals surface area contributed by atoms with E-state index in [1.165, 1.54) is 6.39 Å². The molecule has 18 heavy (non-hydrogen) atoms. The molecule has 5 nitrogen and oxygen atoms in total. The van der Waals surface area contributed by atoms with E-state index >= 15 is 0 Å². The summed E-state index contributed by atoms with van der Waals surface area (Å²) in [7, 11) is 1.81. The van der Waals surface area contributed by atoms with Crippen molar-refractivity contribution in [1.29, 1.82) is 0 Å². The third kappa shape index (κ3) is 2.09. The zero-order valence-corrected chi connectivity index (χ0v) is 10.4. The molecule has 0 spiro atoms. The van der Waals surface area contributed by atoms with Crippen LogP contribution >= 0.6 is 0 Å². The van der Waals surface area contributed by atoms with Crippen LogP contribution in [0.3, 0.4) is 0 Å². The van der Waals surface area contributed by atoms with Gasteiger partial charge in [-0.05, 0) is 44.6 Å². The van der Waals surface area contributed by atoms with E-state index in [-0.39, 0.29) is 0 Å². The Hall–Kier alpha value is -1.88. The summed E-state index contributed by atoms with van der Waals surface area (Å²) in [6, 6.07) is 5.34. The van der Waals surface area contributed by atoms with Crippen LogP contribution in [0.5, 0.6) is 0 Å². The summed E-state index contributed by atoms with van der Waals surface area (Å²) in [6.45, 7) is 2.36. The van der Waals surface area contributed by atoms with Crippen molar-refractivity contribution in [3.63, 3.8) is 0 Å². The average molecular weight is 248 g/mol. The zero-order chi connectivity index (χ0) is 13.2. The molecule has 0 saturated heterocycles. The average Bonchev–Trinajstić information content (AvgIpc) is 2.82. The number of hydrogen-bond donors (Lipinski definition) is 2. The van der Waals surface area contributed by atoms with Crippen LogP contribution in [-0.2, 0) is 10.2 Å². The Morgan fingerprint density at radius 2 is 2.33 bits per heavy atom. The second-order valence-electron chi connectivity index (χ2n) is 4.53. The number of carbonyl (C=O) groups is 1. The molecule has 0 aliphatic carbocycles. The van der Waals surface area contributed by atoms with Gasteiger partial charge < -0.3 is 14.8 Å². The lowest BCUT2D eigenvalue weighted by atomic mass is 9.79. The molecular weight excluding hydrogens is 232 g/mol. The van der Waals surface area contributed by atoms with E-state index in [1.807, 2.05) is 7.05 Å². The molecule has 5 heteroatoms. The largest absolute Gasteiger partial charge is 0.481 e. The van der Waals surface area contributed by atoms with Crippen molar-refractivity contribution in [2.75, 3.05) is 13.6 Å². The van der Waals surface area contributed by atoms with Gasteiger partial charge >= 0.3 is 5.97 Å². The molecule has 1 atom stereocenters. The highest BCUT2D eigenvalue weighted by atomic mass is 16.4. The lowest BCUT2D eigenvalue weighted by Gasteiger charge is -2.25. The number of oxazole rings is 1. The molecular formula is C13H16N2O3. The zero-order valence-electron chi connectivity index (χ0n) is 10.4. The molecule has 1 unspecified atom stereocenters. The number of benzene rings is 1. The number of nitrogens with zero attached hydrogens (tertiary/aromatic N) is 1. The molecule has 2 aromatic rings. The van der Waals surface area contributed by atoms with Crippen molar-refractivity contribution < 1.29 is 14.3 Å².